The van der Waals surface area contributed by atoms with Crippen LogP contribution in [0.2, 0.25) is 0 Å². The molecule has 2 aromatic rings. The Labute approximate surface area is 111 Å². The number of hydrogen-bond acceptors (Lipinski definition) is 5. The van der Waals surface area contributed by atoms with Gasteiger partial charge in [-0.1, -0.05) is 0 Å². The molecule has 2 aromatic heterocycles. The van der Waals surface area contributed by atoms with E-state index in [9.17, 15) is 0 Å². The molecule has 0 bridgehead atoms. The first-order valence-corrected chi connectivity index (χ1v) is 6.77. The molecular weight excluding hydrogens is 246 g/mol. The Hall–Kier alpha value is -1.46. The van der Waals surface area contributed by atoms with Gasteiger partial charge in [-0.25, -0.2) is 9.97 Å². The van der Waals surface area contributed by atoms with Gasteiger partial charge in [0.1, 0.15) is 12.4 Å². The van der Waals surface area contributed by atoms with E-state index < -0.39 is 0 Å². The van der Waals surface area contributed by atoms with E-state index in [0.717, 1.165) is 23.6 Å². The lowest BCUT2D eigenvalue weighted by molar-refractivity contribution is 0.178. The third kappa shape index (κ3) is 3.05. The highest BCUT2D eigenvalue weighted by Crippen LogP contribution is 2.25. The molecule has 0 aliphatic rings. The lowest BCUT2D eigenvalue weighted by atomic mass is 10.2. The topological polar surface area (TPSA) is 47.0 Å². The summed E-state index contributed by atoms with van der Waals surface area (Å²) in [7, 11) is 1.65. The van der Waals surface area contributed by atoms with Crippen LogP contribution in [-0.2, 0) is 11.3 Å². The van der Waals surface area contributed by atoms with Crippen molar-refractivity contribution in [1.29, 1.82) is 0 Å². The number of thiophene rings is 1. The summed E-state index contributed by atoms with van der Waals surface area (Å²) in [6.07, 6.45) is 0. The van der Waals surface area contributed by atoms with Crippen molar-refractivity contribution >= 4 is 17.2 Å². The average molecular weight is 263 g/mol. The van der Waals surface area contributed by atoms with E-state index >= 15 is 0 Å². The molecule has 2 heterocycles. The lowest BCUT2D eigenvalue weighted by Gasteiger charge is -2.07. The van der Waals surface area contributed by atoms with Gasteiger partial charge in [0.2, 0.25) is 0 Å². The van der Waals surface area contributed by atoms with E-state index in [1.807, 2.05) is 13.0 Å². The number of hydrogen-bond donors (Lipinski definition) is 1. The first-order chi connectivity index (χ1) is 8.72. The molecule has 0 aromatic carbocycles. The van der Waals surface area contributed by atoms with Gasteiger partial charge in [-0.2, -0.15) is 0 Å². The second-order valence-corrected chi connectivity index (χ2v) is 5.08. The van der Waals surface area contributed by atoms with E-state index in [-0.39, 0.29) is 0 Å². The highest BCUT2D eigenvalue weighted by molar-refractivity contribution is 7.10. The zero-order chi connectivity index (χ0) is 13.0. The summed E-state index contributed by atoms with van der Waals surface area (Å²) in [6.45, 7) is 5.41. The van der Waals surface area contributed by atoms with Crippen molar-refractivity contribution in [3.63, 3.8) is 0 Å². The van der Waals surface area contributed by atoms with E-state index in [4.69, 9.17) is 4.74 Å². The number of anilines is 1. The number of aryl methyl sites for hydroxylation is 1. The predicted molar refractivity (Wildman–Crippen MR) is 75.0 cm³/mol. The maximum absolute atomic E-state index is 5.11. The van der Waals surface area contributed by atoms with E-state index in [1.54, 1.807) is 18.4 Å². The molecule has 0 atom stereocenters. The fraction of sp³-hybridized carbons (Fsp3) is 0.385. The number of rotatable bonds is 5. The third-order valence-corrected chi connectivity index (χ3v) is 3.29. The quantitative estimate of drug-likeness (QED) is 0.900. The summed E-state index contributed by atoms with van der Waals surface area (Å²) < 4.78 is 5.11. The Morgan fingerprint density at radius 2 is 2.17 bits per heavy atom. The molecule has 18 heavy (non-hydrogen) atoms. The molecule has 96 valence electrons. The summed E-state index contributed by atoms with van der Waals surface area (Å²) in [5, 5.41) is 5.34. The second kappa shape index (κ2) is 5.93. The summed E-state index contributed by atoms with van der Waals surface area (Å²) in [4.78, 5) is 10.2. The van der Waals surface area contributed by atoms with Crippen molar-refractivity contribution in [2.24, 2.45) is 0 Å². The van der Waals surface area contributed by atoms with E-state index in [2.05, 4.69) is 33.7 Å². The zero-order valence-corrected chi connectivity index (χ0v) is 11.7. The number of aromatic nitrogens is 2. The van der Waals surface area contributed by atoms with Gasteiger partial charge in [-0.05, 0) is 19.9 Å². The second-order valence-electron chi connectivity index (χ2n) is 3.96. The van der Waals surface area contributed by atoms with Crippen LogP contribution in [0, 0.1) is 6.92 Å². The minimum Gasteiger partial charge on any atom is -0.377 e. The largest absolute Gasteiger partial charge is 0.377 e. The van der Waals surface area contributed by atoms with Crippen LogP contribution in [0.3, 0.4) is 0 Å². The zero-order valence-electron chi connectivity index (χ0n) is 10.9. The van der Waals surface area contributed by atoms with Gasteiger partial charge < -0.3 is 10.1 Å². The third-order valence-electron chi connectivity index (χ3n) is 2.43. The number of nitrogens with zero attached hydrogens (tertiary/aromatic N) is 2. The van der Waals surface area contributed by atoms with Gasteiger partial charge in [0.15, 0.2) is 5.82 Å². The van der Waals surface area contributed by atoms with Crippen LogP contribution >= 0.6 is 11.3 Å². The minimum atomic E-state index is 0.426. The maximum Gasteiger partial charge on any atom is 0.157 e. The number of nitrogens with one attached hydrogen (secondary N) is 1. The standard InChI is InChI=1S/C13H17N3OS/c1-4-14-12-6-11(10-5-9(2)18-8-10)15-13(16-12)7-17-3/h5-6,8H,4,7H2,1-3H3,(H,14,15,16). The van der Waals surface area contributed by atoms with Crippen molar-refractivity contribution in [3.8, 4) is 11.3 Å². The van der Waals surface area contributed by atoms with Crippen molar-refractivity contribution in [2.45, 2.75) is 20.5 Å². The Bertz CT molecular complexity index is 500. The van der Waals surface area contributed by atoms with Crippen molar-refractivity contribution < 1.29 is 4.74 Å². The van der Waals surface area contributed by atoms with Crippen LogP contribution in [0.5, 0.6) is 0 Å². The van der Waals surface area contributed by atoms with Crippen LogP contribution in [-0.4, -0.2) is 23.6 Å². The van der Waals surface area contributed by atoms with Gasteiger partial charge in [-0.3, -0.25) is 0 Å². The first kappa shape index (κ1) is 13.0. The average Bonchev–Trinajstić information content (AvgIpc) is 2.76. The van der Waals surface area contributed by atoms with Crippen LogP contribution in [0.1, 0.15) is 17.6 Å². The molecule has 0 saturated carbocycles. The molecule has 0 unspecified atom stereocenters. The Morgan fingerprint density at radius 3 is 2.78 bits per heavy atom. The Kier molecular flexibility index (Phi) is 4.28. The maximum atomic E-state index is 5.11. The smallest absolute Gasteiger partial charge is 0.157 e. The summed E-state index contributed by atoms with van der Waals surface area (Å²) in [6, 6.07) is 4.11. The van der Waals surface area contributed by atoms with Gasteiger partial charge in [0.25, 0.3) is 0 Å². The van der Waals surface area contributed by atoms with Crippen molar-refractivity contribution in [2.75, 3.05) is 19.0 Å². The fourth-order valence-corrected chi connectivity index (χ4v) is 2.38. The molecule has 0 fully saturated rings. The van der Waals surface area contributed by atoms with Crippen molar-refractivity contribution in [1.82, 2.24) is 9.97 Å². The van der Waals surface area contributed by atoms with E-state index in [0.29, 0.717) is 12.4 Å². The number of ether oxygens (including phenoxy) is 1. The van der Waals surface area contributed by atoms with Gasteiger partial charge in [0, 0.05) is 35.5 Å². The molecule has 0 amide bonds. The minimum absolute atomic E-state index is 0.426. The molecule has 2 rings (SSSR count). The molecular formula is C13H17N3OS. The first-order valence-electron chi connectivity index (χ1n) is 5.89. The molecule has 5 heteroatoms. The summed E-state index contributed by atoms with van der Waals surface area (Å²) in [5.41, 5.74) is 2.08. The molecule has 0 radical (unpaired) electrons. The monoisotopic (exact) mass is 263 g/mol. The molecule has 1 N–H and O–H groups in total. The summed E-state index contributed by atoms with van der Waals surface area (Å²) >= 11 is 1.73. The fourth-order valence-electron chi connectivity index (χ4n) is 1.69. The summed E-state index contributed by atoms with van der Waals surface area (Å²) in [5.74, 6) is 1.55. The number of methoxy groups -OCH3 is 1. The predicted octanol–water partition coefficient (Wildman–Crippen LogP) is 3.09. The highest BCUT2D eigenvalue weighted by Gasteiger charge is 2.07. The Morgan fingerprint density at radius 1 is 1.33 bits per heavy atom. The molecule has 4 nitrogen and oxygen atoms in total. The molecule has 0 aliphatic heterocycles. The van der Waals surface area contributed by atoms with Crippen molar-refractivity contribution in [3.05, 3.63) is 28.2 Å². The lowest BCUT2D eigenvalue weighted by Crippen LogP contribution is -2.05. The van der Waals surface area contributed by atoms with E-state index in [1.165, 1.54) is 4.88 Å². The molecule has 0 spiro atoms. The van der Waals surface area contributed by atoms with Gasteiger partial charge >= 0.3 is 0 Å². The SMILES string of the molecule is CCNc1cc(-c2csc(C)c2)nc(COC)n1. The highest BCUT2D eigenvalue weighted by atomic mass is 32.1. The van der Waals surface area contributed by atoms with Gasteiger partial charge in [-0.15, -0.1) is 11.3 Å². The normalized spacial score (nSPS) is 10.6. The molecule has 0 saturated heterocycles. The molecule has 0 aliphatic carbocycles. The van der Waals surface area contributed by atoms with Crippen LogP contribution in [0.4, 0.5) is 5.82 Å². The van der Waals surface area contributed by atoms with Crippen LogP contribution < -0.4 is 5.32 Å². The Balaban J connectivity index is 2.39. The van der Waals surface area contributed by atoms with Crippen LogP contribution in [0.25, 0.3) is 11.3 Å². The van der Waals surface area contributed by atoms with Gasteiger partial charge in [0.05, 0.1) is 5.69 Å². The van der Waals surface area contributed by atoms with Crippen LogP contribution in [0.15, 0.2) is 17.5 Å².